The van der Waals surface area contributed by atoms with E-state index >= 15 is 0 Å². The third-order valence-corrected chi connectivity index (χ3v) is 3.61. The second-order valence-corrected chi connectivity index (χ2v) is 5.61. The van der Waals surface area contributed by atoms with E-state index in [1.165, 1.54) is 0 Å². The van der Waals surface area contributed by atoms with Gasteiger partial charge in [-0.1, -0.05) is 20.8 Å². The lowest BCUT2D eigenvalue weighted by molar-refractivity contribution is 0.00867. The van der Waals surface area contributed by atoms with E-state index in [1.807, 2.05) is 0 Å². The van der Waals surface area contributed by atoms with Crippen LogP contribution in [0.4, 0.5) is 0 Å². The highest BCUT2D eigenvalue weighted by Crippen LogP contribution is 2.13. The summed E-state index contributed by atoms with van der Waals surface area (Å²) >= 11 is 0. The lowest BCUT2D eigenvalue weighted by Gasteiger charge is -2.36. The summed E-state index contributed by atoms with van der Waals surface area (Å²) in [5.41, 5.74) is 0. The molecule has 1 saturated heterocycles. The molecule has 0 aliphatic carbocycles. The van der Waals surface area contributed by atoms with Gasteiger partial charge in [-0.25, -0.2) is 0 Å². The van der Waals surface area contributed by atoms with Gasteiger partial charge >= 0.3 is 0 Å². The van der Waals surface area contributed by atoms with E-state index in [0.29, 0.717) is 12.0 Å². The Morgan fingerprint density at radius 3 is 2.45 bits per heavy atom. The molecule has 0 radical (unpaired) electrons. The van der Waals surface area contributed by atoms with Crippen LogP contribution < -0.4 is 10.6 Å². The van der Waals surface area contributed by atoms with Crippen LogP contribution in [0.1, 0.15) is 34.1 Å². The zero-order valence-electron chi connectivity index (χ0n) is 13.6. The molecule has 0 aromatic heterocycles. The quantitative estimate of drug-likeness (QED) is 0.547. The van der Waals surface area contributed by atoms with Gasteiger partial charge in [0.25, 0.3) is 0 Å². The maximum atomic E-state index is 5.44. The lowest BCUT2D eigenvalue weighted by atomic mass is 10.0. The summed E-state index contributed by atoms with van der Waals surface area (Å²) in [6.45, 7) is 15.3. The van der Waals surface area contributed by atoms with Gasteiger partial charge in [0.2, 0.25) is 0 Å². The highest BCUT2D eigenvalue weighted by atomic mass is 16.5. The van der Waals surface area contributed by atoms with Crippen molar-refractivity contribution < 1.29 is 4.74 Å². The standard InChI is InChI=1S/C15H32N4O/c1-5-7-17-15(16-6-2)18-12-14(13(3)4)19-8-10-20-11-9-19/h13-14H,5-12H2,1-4H3,(H2,16,17,18). The maximum Gasteiger partial charge on any atom is 0.191 e. The van der Waals surface area contributed by atoms with Crippen LogP contribution in [0.25, 0.3) is 0 Å². The molecule has 1 aliphatic heterocycles. The highest BCUT2D eigenvalue weighted by molar-refractivity contribution is 5.79. The Labute approximate surface area is 124 Å². The molecule has 1 rings (SSSR count). The molecular formula is C15H32N4O. The predicted molar refractivity (Wildman–Crippen MR) is 85.3 cm³/mol. The Kier molecular flexibility index (Phi) is 8.62. The normalized spacial score (nSPS) is 19.1. The minimum Gasteiger partial charge on any atom is -0.379 e. The summed E-state index contributed by atoms with van der Waals surface area (Å²) in [4.78, 5) is 7.27. The van der Waals surface area contributed by atoms with Crippen molar-refractivity contribution in [1.82, 2.24) is 15.5 Å². The minimum absolute atomic E-state index is 0.496. The molecule has 0 spiro atoms. The Balaban J connectivity index is 2.57. The van der Waals surface area contributed by atoms with Crippen molar-refractivity contribution in [2.45, 2.75) is 40.2 Å². The van der Waals surface area contributed by atoms with E-state index < -0.39 is 0 Å². The molecule has 5 heteroatoms. The number of hydrogen-bond donors (Lipinski definition) is 2. The molecular weight excluding hydrogens is 252 g/mol. The first kappa shape index (κ1) is 17.2. The minimum atomic E-state index is 0.496. The van der Waals surface area contributed by atoms with Crippen LogP contribution in [0.15, 0.2) is 4.99 Å². The van der Waals surface area contributed by atoms with Crippen molar-refractivity contribution in [3.05, 3.63) is 0 Å². The fraction of sp³-hybridized carbons (Fsp3) is 0.933. The molecule has 20 heavy (non-hydrogen) atoms. The van der Waals surface area contributed by atoms with Gasteiger partial charge in [0.1, 0.15) is 0 Å². The zero-order valence-corrected chi connectivity index (χ0v) is 13.6. The Morgan fingerprint density at radius 2 is 1.90 bits per heavy atom. The van der Waals surface area contributed by atoms with Crippen molar-refractivity contribution in [2.75, 3.05) is 45.9 Å². The molecule has 0 saturated carbocycles. The zero-order chi connectivity index (χ0) is 14.8. The van der Waals surface area contributed by atoms with Crippen LogP contribution >= 0.6 is 0 Å². The van der Waals surface area contributed by atoms with E-state index in [1.54, 1.807) is 0 Å². The van der Waals surface area contributed by atoms with Crippen molar-refractivity contribution >= 4 is 5.96 Å². The van der Waals surface area contributed by atoms with Gasteiger partial charge in [0.05, 0.1) is 19.8 Å². The lowest BCUT2D eigenvalue weighted by Crippen LogP contribution is -2.48. The summed E-state index contributed by atoms with van der Waals surface area (Å²) < 4.78 is 5.44. The number of morpholine rings is 1. The molecule has 0 aromatic carbocycles. The van der Waals surface area contributed by atoms with Crippen LogP contribution in [-0.4, -0.2) is 62.8 Å². The van der Waals surface area contributed by atoms with Gasteiger partial charge in [0.15, 0.2) is 5.96 Å². The van der Waals surface area contributed by atoms with Gasteiger partial charge in [0, 0.05) is 32.2 Å². The van der Waals surface area contributed by atoms with E-state index in [-0.39, 0.29) is 0 Å². The summed E-state index contributed by atoms with van der Waals surface area (Å²) in [7, 11) is 0. The molecule has 0 bridgehead atoms. The van der Waals surface area contributed by atoms with Crippen LogP contribution in [0.3, 0.4) is 0 Å². The molecule has 1 fully saturated rings. The van der Waals surface area contributed by atoms with E-state index in [2.05, 4.69) is 43.2 Å². The number of aliphatic imine (C=N–C) groups is 1. The van der Waals surface area contributed by atoms with Crippen LogP contribution in [0.2, 0.25) is 0 Å². The van der Waals surface area contributed by atoms with Crippen LogP contribution in [0.5, 0.6) is 0 Å². The second-order valence-electron chi connectivity index (χ2n) is 5.61. The molecule has 0 aromatic rings. The fourth-order valence-electron chi connectivity index (χ4n) is 2.43. The third-order valence-electron chi connectivity index (χ3n) is 3.61. The van der Waals surface area contributed by atoms with Crippen LogP contribution in [0, 0.1) is 5.92 Å². The first-order valence-corrected chi connectivity index (χ1v) is 8.03. The van der Waals surface area contributed by atoms with Gasteiger partial charge in [-0.2, -0.15) is 0 Å². The number of nitrogens with zero attached hydrogens (tertiary/aromatic N) is 2. The van der Waals surface area contributed by atoms with Crippen molar-refractivity contribution in [1.29, 1.82) is 0 Å². The van der Waals surface area contributed by atoms with E-state index in [4.69, 9.17) is 9.73 Å². The highest BCUT2D eigenvalue weighted by Gasteiger charge is 2.23. The third kappa shape index (κ3) is 6.09. The average Bonchev–Trinajstić information content (AvgIpc) is 2.45. The molecule has 1 heterocycles. The number of rotatable bonds is 7. The Morgan fingerprint density at radius 1 is 1.20 bits per heavy atom. The summed E-state index contributed by atoms with van der Waals surface area (Å²) in [6, 6.07) is 0.496. The SMILES string of the molecule is CCCNC(=NCC(C(C)C)N1CCOCC1)NCC. The number of hydrogen-bond acceptors (Lipinski definition) is 3. The first-order valence-electron chi connectivity index (χ1n) is 8.03. The summed E-state index contributed by atoms with van der Waals surface area (Å²) in [5, 5.41) is 6.67. The molecule has 2 N–H and O–H groups in total. The van der Waals surface area contributed by atoms with Gasteiger partial charge < -0.3 is 15.4 Å². The first-order chi connectivity index (χ1) is 9.69. The van der Waals surface area contributed by atoms with Crippen molar-refractivity contribution in [2.24, 2.45) is 10.9 Å². The molecule has 1 atom stereocenters. The van der Waals surface area contributed by atoms with Gasteiger partial charge in [-0.3, -0.25) is 9.89 Å². The number of ether oxygens (including phenoxy) is 1. The van der Waals surface area contributed by atoms with E-state index in [9.17, 15) is 0 Å². The molecule has 1 aliphatic rings. The van der Waals surface area contributed by atoms with Crippen molar-refractivity contribution in [3.63, 3.8) is 0 Å². The van der Waals surface area contributed by atoms with E-state index in [0.717, 1.165) is 58.3 Å². The maximum absolute atomic E-state index is 5.44. The monoisotopic (exact) mass is 284 g/mol. The second kappa shape index (κ2) is 10.00. The number of nitrogens with one attached hydrogen (secondary N) is 2. The van der Waals surface area contributed by atoms with Gasteiger partial charge in [-0.05, 0) is 19.3 Å². The van der Waals surface area contributed by atoms with Gasteiger partial charge in [-0.15, -0.1) is 0 Å². The smallest absolute Gasteiger partial charge is 0.191 e. The summed E-state index contributed by atoms with van der Waals surface area (Å²) in [6.07, 6.45) is 1.11. The number of guanidine groups is 1. The molecule has 0 amide bonds. The van der Waals surface area contributed by atoms with Crippen LogP contribution in [-0.2, 0) is 4.74 Å². The van der Waals surface area contributed by atoms with Crippen molar-refractivity contribution in [3.8, 4) is 0 Å². The predicted octanol–water partition coefficient (Wildman–Crippen LogP) is 1.31. The Bertz CT molecular complexity index is 275. The summed E-state index contributed by atoms with van der Waals surface area (Å²) in [5.74, 6) is 1.54. The fourth-order valence-corrected chi connectivity index (χ4v) is 2.43. The largest absolute Gasteiger partial charge is 0.379 e. The molecule has 1 unspecified atom stereocenters. The topological polar surface area (TPSA) is 48.9 Å². The molecule has 118 valence electrons. The molecule has 5 nitrogen and oxygen atoms in total. The Hall–Kier alpha value is -0.810. The average molecular weight is 284 g/mol.